The normalized spacial score (nSPS) is 14.6. The number of nitrogens with zero attached hydrogens (tertiary/aromatic N) is 1. The molecule has 0 heterocycles. The Balaban J connectivity index is 1.76. The van der Waals surface area contributed by atoms with Crippen molar-refractivity contribution in [3.63, 3.8) is 0 Å². The van der Waals surface area contributed by atoms with E-state index in [0.717, 1.165) is 6.42 Å². The molecule has 1 heteroatoms. The van der Waals surface area contributed by atoms with Crippen LogP contribution < -0.4 is 0 Å². The monoisotopic (exact) mass is 407 g/mol. The second-order valence-electron chi connectivity index (χ2n) is 11.2. The first-order valence-electron chi connectivity index (χ1n) is 11.2. The molecule has 0 unspecified atom stereocenters. The minimum atomic E-state index is -0.00751. The van der Waals surface area contributed by atoms with Crippen LogP contribution in [0.1, 0.15) is 81.8 Å². The zero-order valence-corrected chi connectivity index (χ0v) is 19.9. The van der Waals surface area contributed by atoms with Crippen molar-refractivity contribution in [2.24, 2.45) is 0 Å². The van der Waals surface area contributed by atoms with Gasteiger partial charge in [-0.1, -0.05) is 97.0 Å². The molecule has 1 nitrogen and oxygen atoms in total. The van der Waals surface area contributed by atoms with Gasteiger partial charge in [-0.3, -0.25) is 0 Å². The fourth-order valence-electron chi connectivity index (χ4n) is 5.29. The number of nitriles is 1. The van der Waals surface area contributed by atoms with Crippen molar-refractivity contribution < 1.29 is 0 Å². The lowest BCUT2D eigenvalue weighted by Gasteiger charge is -2.30. The van der Waals surface area contributed by atoms with Gasteiger partial charge in [0.2, 0.25) is 0 Å². The lowest BCUT2D eigenvalue weighted by Crippen LogP contribution is -2.23. The maximum Gasteiger partial charge on any atom is 0.0991 e. The van der Waals surface area contributed by atoms with Gasteiger partial charge in [-0.05, 0) is 68.3 Å². The zero-order valence-electron chi connectivity index (χ0n) is 19.9. The van der Waals surface area contributed by atoms with E-state index in [1.807, 2.05) is 12.1 Å². The van der Waals surface area contributed by atoms with Gasteiger partial charge in [0.15, 0.2) is 0 Å². The van der Waals surface area contributed by atoms with E-state index in [9.17, 15) is 0 Å². The Hall–Kier alpha value is -2.85. The van der Waals surface area contributed by atoms with Gasteiger partial charge in [0.05, 0.1) is 11.6 Å². The number of hydrogen-bond acceptors (Lipinski definition) is 1. The van der Waals surface area contributed by atoms with Crippen molar-refractivity contribution in [1.29, 1.82) is 5.26 Å². The van der Waals surface area contributed by atoms with E-state index < -0.39 is 0 Å². The lowest BCUT2D eigenvalue weighted by atomic mass is 9.73. The summed E-state index contributed by atoms with van der Waals surface area (Å²) < 4.78 is 0. The van der Waals surface area contributed by atoms with Gasteiger partial charge in [0, 0.05) is 5.41 Å². The summed E-state index contributed by atoms with van der Waals surface area (Å²) in [7, 11) is 0. The van der Waals surface area contributed by atoms with Gasteiger partial charge in [0.25, 0.3) is 0 Å². The topological polar surface area (TPSA) is 23.8 Å². The van der Waals surface area contributed by atoms with Crippen LogP contribution in [0.15, 0.2) is 60.7 Å². The molecule has 1 aliphatic rings. The van der Waals surface area contributed by atoms with Gasteiger partial charge in [0.1, 0.15) is 0 Å². The SMILES string of the molecule is CC(C)(C)c1cccc2c1C(C)(C)c1ccc(CC(C)(C)c3ccc(C#N)cc3)cc1-2. The van der Waals surface area contributed by atoms with Crippen molar-refractivity contribution in [2.45, 2.75) is 71.1 Å². The Morgan fingerprint density at radius 3 is 2.13 bits per heavy atom. The Labute approximate surface area is 187 Å². The highest BCUT2D eigenvalue weighted by Crippen LogP contribution is 2.52. The van der Waals surface area contributed by atoms with Crippen LogP contribution in [0.25, 0.3) is 11.1 Å². The van der Waals surface area contributed by atoms with Crippen LogP contribution in [-0.2, 0) is 22.7 Å². The molecular weight excluding hydrogens is 374 g/mol. The number of benzene rings is 3. The molecule has 0 N–H and O–H groups in total. The second kappa shape index (κ2) is 7.10. The molecule has 3 aromatic carbocycles. The summed E-state index contributed by atoms with van der Waals surface area (Å²) in [5.74, 6) is 0. The molecule has 3 aromatic rings. The summed E-state index contributed by atoms with van der Waals surface area (Å²) in [6.45, 7) is 16.3. The smallest absolute Gasteiger partial charge is 0.0991 e. The number of rotatable bonds is 3. The van der Waals surface area contributed by atoms with Crippen LogP contribution in [0.5, 0.6) is 0 Å². The molecule has 0 saturated carbocycles. The molecule has 0 fully saturated rings. The maximum absolute atomic E-state index is 9.10. The highest BCUT2D eigenvalue weighted by Gasteiger charge is 2.39. The average Bonchev–Trinajstić information content (AvgIpc) is 2.94. The van der Waals surface area contributed by atoms with Crippen molar-refractivity contribution >= 4 is 0 Å². The van der Waals surface area contributed by atoms with Gasteiger partial charge in [-0.2, -0.15) is 5.26 Å². The molecule has 0 amide bonds. The van der Waals surface area contributed by atoms with Crippen LogP contribution in [0, 0.1) is 11.3 Å². The molecule has 0 spiro atoms. The fourth-order valence-corrected chi connectivity index (χ4v) is 5.29. The van der Waals surface area contributed by atoms with Gasteiger partial charge >= 0.3 is 0 Å². The first kappa shape index (κ1) is 21.4. The third kappa shape index (κ3) is 3.59. The van der Waals surface area contributed by atoms with E-state index in [4.69, 9.17) is 5.26 Å². The van der Waals surface area contributed by atoms with E-state index >= 15 is 0 Å². The summed E-state index contributed by atoms with van der Waals surface area (Å²) in [6.07, 6.45) is 0.959. The Morgan fingerprint density at radius 1 is 0.839 bits per heavy atom. The van der Waals surface area contributed by atoms with Crippen LogP contribution in [0.4, 0.5) is 0 Å². The standard InChI is InChI=1S/C30H33N/c1-28(2,3)26-10-8-9-23-24-17-21(13-16-25(24)30(6,7)27(23)26)18-29(4,5)22-14-11-20(19-31)12-15-22/h8-17H,18H2,1-7H3. The molecule has 158 valence electrons. The quantitative estimate of drug-likeness (QED) is 0.437. The summed E-state index contributed by atoms with van der Waals surface area (Å²) in [5, 5.41) is 9.10. The molecule has 0 aliphatic heterocycles. The van der Waals surface area contributed by atoms with Gasteiger partial charge in [-0.15, -0.1) is 0 Å². The highest BCUT2D eigenvalue weighted by molar-refractivity contribution is 5.82. The summed E-state index contributed by atoms with van der Waals surface area (Å²) >= 11 is 0. The maximum atomic E-state index is 9.10. The molecule has 31 heavy (non-hydrogen) atoms. The molecular formula is C30H33N. The highest BCUT2D eigenvalue weighted by atomic mass is 14.4. The van der Waals surface area contributed by atoms with Crippen molar-refractivity contribution in [1.82, 2.24) is 0 Å². The molecule has 0 aromatic heterocycles. The second-order valence-corrected chi connectivity index (χ2v) is 11.2. The van der Waals surface area contributed by atoms with Crippen LogP contribution in [-0.4, -0.2) is 0 Å². The summed E-state index contributed by atoms with van der Waals surface area (Å²) in [5.41, 5.74) is 10.6. The van der Waals surface area contributed by atoms with E-state index in [1.54, 1.807) is 0 Å². The minimum Gasteiger partial charge on any atom is -0.192 e. The first-order valence-corrected chi connectivity index (χ1v) is 11.2. The third-order valence-corrected chi connectivity index (χ3v) is 6.99. The lowest BCUT2D eigenvalue weighted by molar-refractivity contribution is 0.522. The molecule has 4 rings (SSSR count). The molecule has 0 saturated heterocycles. The predicted octanol–water partition coefficient (Wildman–Crippen LogP) is 7.68. The average molecular weight is 408 g/mol. The van der Waals surface area contributed by atoms with Crippen LogP contribution >= 0.6 is 0 Å². The summed E-state index contributed by atoms with van der Waals surface area (Å²) in [4.78, 5) is 0. The van der Waals surface area contributed by atoms with Crippen LogP contribution in [0.3, 0.4) is 0 Å². The first-order chi connectivity index (χ1) is 14.4. The third-order valence-electron chi connectivity index (χ3n) is 6.99. The number of hydrogen-bond donors (Lipinski definition) is 0. The van der Waals surface area contributed by atoms with E-state index in [1.165, 1.54) is 38.9 Å². The fraction of sp³-hybridized carbons (Fsp3) is 0.367. The predicted molar refractivity (Wildman–Crippen MR) is 131 cm³/mol. The van der Waals surface area contributed by atoms with Crippen molar-refractivity contribution in [2.75, 3.05) is 0 Å². The summed E-state index contributed by atoms with van der Waals surface area (Å²) in [6, 6.07) is 24.2. The Bertz CT molecular complexity index is 1180. The van der Waals surface area contributed by atoms with E-state index in [2.05, 4.69) is 103 Å². The van der Waals surface area contributed by atoms with Crippen LogP contribution in [0.2, 0.25) is 0 Å². The van der Waals surface area contributed by atoms with Gasteiger partial charge < -0.3 is 0 Å². The minimum absolute atomic E-state index is 0.00751. The van der Waals surface area contributed by atoms with Gasteiger partial charge in [-0.25, -0.2) is 0 Å². The van der Waals surface area contributed by atoms with Crippen molar-refractivity contribution in [3.05, 3.63) is 94.0 Å². The molecule has 0 radical (unpaired) electrons. The molecule has 1 aliphatic carbocycles. The molecule has 0 atom stereocenters. The molecule has 0 bridgehead atoms. The van der Waals surface area contributed by atoms with E-state index in [-0.39, 0.29) is 16.2 Å². The zero-order chi connectivity index (χ0) is 22.6. The Morgan fingerprint density at radius 2 is 1.52 bits per heavy atom. The van der Waals surface area contributed by atoms with Crippen molar-refractivity contribution in [3.8, 4) is 17.2 Å². The number of fused-ring (bicyclic) bond motifs is 3. The van der Waals surface area contributed by atoms with E-state index in [0.29, 0.717) is 5.56 Å². The largest absolute Gasteiger partial charge is 0.192 e. The Kier molecular flexibility index (Phi) is 4.90.